The van der Waals surface area contributed by atoms with E-state index in [1.165, 1.54) is 18.4 Å². The molecule has 1 aromatic carbocycles. The zero-order valence-corrected chi connectivity index (χ0v) is 13.0. The Kier molecular flexibility index (Phi) is 5.50. The second-order valence-corrected chi connectivity index (χ2v) is 5.58. The molecule has 1 N–H and O–H groups in total. The Hall–Kier alpha value is -2.07. The van der Waals surface area contributed by atoms with Crippen molar-refractivity contribution in [3.05, 3.63) is 35.2 Å². The van der Waals surface area contributed by atoms with Crippen LogP contribution in [0.1, 0.15) is 6.92 Å². The highest BCUT2D eigenvalue weighted by molar-refractivity contribution is 7.14. The van der Waals surface area contributed by atoms with E-state index in [4.69, 9.17) is 0 Å². The van der Waals surface area contributed by atoms with Gasteiger partial charge in [-0.15, -0.1) is 11.3 Å². The van der Waals surface area contributed by atoms with Gasteiger partial charge < -0.3 is 4.74 Å². The molecule has 0 aliphatic carbocycles. The highest BCUT2D eigenvalue weighted by Gasteiger charge is 2.30. The van der Waals surface area contributed by atoms with E-state index in [1.54, 1.807) is 0 Å². The third-order valence-corrected chi connectivity index (χ3v) is 3.57. The molecule has 0 bridgehead atoms. The molecule has 130 valence electrons. The molecule has 2 rings (SSSR count). The van der Waals surface area contributed by atoms with Gasteiger partial charge in [-0.2, -0.15) is 13.2 Å². The molecule has 4 nitrogen and oxygen atoms in total. The van der Waals surface area contributed by atoms with Gasteiger partial charge in [-0.25, -0.2) is 13.8 Å². The van der Waals surface area contributed by atoms with Crippen LogP contribution in [0.25, 0.3) is 11.3 Å². The van der Waals surface area contributed by atoms with Gasteiger partial charge in [-0.1, -0.05) is 0 Å². The fourth-order valence-corrected chi connectivity index (χ4v) is 2.34. The fourth-order valence-electron chi connectivity index (χ4n) is 1.62. The summed E-state index contributed by atoms with van der Waals surface area (Å²) in [5.74, 6) is -2.84. The quantitative estimate of drug-likeness (QED) is 0.814. The molecule has 0 unspecified atom stereocenters. The maximum atomic E-state index is 13.2. The van der Waals surface area contributed by atoms with Crippen LogP contribution in [-0.4, -0.2) is 29.8 Å². The van der Waals surface area contributed by atoms with Gasteiger partial charge in [0.2, 0.25) is 0 Å². The average molecular weight is 366 g/mol. The van der Waals surface area contributed by atoms with Crippen LogP contribution < -0.4 is 5.32 Å². The van der Waals surface area contributed by atoms with Crippen molar-refractivity contribution >= 4 is 22.4 Å². The first-order valence-corrected chi connectivity index (χ1v) is 7.44. The maximum Gasteiger partial charge on any atom is 0.411 e. The van der Waals surface area contributed by atoms with Gasteiger partial charge >= 0.3 is 6.18 Å². The fraction of sp³-hybridized carbons (Fsp3) is 0.286. The van der Waals surface area contributed by atoms with Crippen LogP contribution in [0.5, 0.6) is 0 Å². The zero-order valence-electron chi connectivity index (χ0n) is 12.2. The number of nitrogens with one attached hydrogen (secondary N) is 1. The monoisotopic (exact) mass is 366 g/mol. The first-order valence-electron chi connectivity index (χ1n) is 6.56. The second-order valence-electron chi connectivity index (χ2n) is 4.72. The van der Waals surface area contributed by atoms with E-state index in [-0.39, 0.29) is 10.8 Å². The van der Waals surface area contributed by atoms with Crippen LogP contribution in [-0.2, 0) is 9.53 Å². The third-order valence-electron chi connectivity index (χ3n) is 2.82. The molecule has 0 saturated heterocycles. The van der Waals surface area contributed by atoms with Crippen molar-refractivity contribution in [1.82, 2.24) is 4.98 Å². The number of hydrogen-bond donors (Lipinski definition) is 1. The number of ether oxygens (including phenoxy) is 1. The first-order chi connectivity index (χ1) is 11.2. The van der Waals surface area contributed by atoms with E-state index >= 15 is 0 Å². The summed E-state index contributed by atoms with van der Waals surface area (Å²) in [4.78, 5) is 15.7. The topological polar surface area (TPSA) is 51.2 Å². The number of aromatic nitrogens is 1. The lowest BCUT2D eigenvalue weighted by Gasteiger charge is -2.13. The molecular weight excluding hydrogens is 355 g/mol. The number of thiazole rings is 1. The molecule has 2 aromatic rings. The zero-order chi connectivity index (χ0) is 17.9. The van der Waals surface area contributed by atoms with Crippen LogP contribution in [0.4, 0.5) is 27.1 Å². The Morgan fingerprint density at radius 3 is 2.67 bits per heavy atom. The molecule has 0 aliphatic rings. The van der Waals surface area contributed by atoms with Crippen molar-refractivity contribution in [1.29, 1.82) is 0 Å². The summed E-state index contributed by atoms with van der Waals surface area (Å²) in [5.41, 5.74) is 0.588. The minimum atomic E-state index is -4.53. The lowest BCUT2D eigenvalue weighted by atomic mass is 10.2. The van der Waals surface area contributed by atoms with Gasteiger partial charge in [0.05, 0.1) is 5.69 Å². The Bertz CT molecular complexity index is 732. The van der Waals surface area contributed by atoms with Crippen molar-refractivity contribution in [3.63, 3.8) is 0 Å². The molecule has 0 radical (unpaired) electrons. The number of rotatable bonds is 5. The minimum absolute atomic E-state index is 0.0993. The Labute approximate surface area is 137 Å². The van der Waals surface area contributed by atoms with E-state index in [0.29, 0.717) is 5.56 Å². The molecule has 1 amide bonds. The van der Waals surface area contributed by atoms with Crippen molar-refractivity contribution in [2.45, 2.75) is 19.2 Å². The molecule has 0 aliphatic heterocycles. The minimum Gasteiger partial charge on any atom is -0.359 e. The molecule has 1 heterocycles. The smallest absolute Gasteiger partial charge is 0.359 e. The second kappa shape index (κ2) is 7.22. The number of hydrogen-bond acceptors (Lipinski definition) is 4. The van der Waals surface area contributed by atoms with Crippen molar-refractivity contribution in [2.75, 3.05) is 11.9 Å². The largest absolute Gasteiger partial charge is 0.411 e. The normalized spacial score (nSPS) is 12.9. The van der Waals surface area contributed by atoms with Crippen molar-refractivity contribution in [2.24, 2.45) is 0 Å². The van der Waals surface area contributed by atoms with E-state index in [1.807, 2.05) is 0 Å². The van der Waals surface area contributed by atoms with E-state index < -0.39 is 36.4 Å². The summed E-state index contributed by atoms with van der Waals surface area (Å²) in [6, 6.07) is 3.20. The van der Waals surface area contributed by atoms with Crippen LogP contribution in [0.3, 0.4) is 0 Å². The highest BCUT2D eigenvalue weighted by Crippen LogP contribution is 2.26. The Morgan fingerprint density at radius 2 is 2.04 bits per heavy atom. The van der Waals surface area contributed by atoms with Gasteiger partial charge in [0.1, 0.15) is 12.7 Å². The Morgan fingerprint density at radius 1 is 1.33 bits per heavy atom. The predicted molar refractivity (Wildman–Crippen MR) is 77.6 cm³/mol. The number of anilines is 1. The number of benzene rings is 1. The number of nitrogens with zero attached hydrogens (tertiary/aromatic N) is 1. The number of carbonyl (C=O) groups excluding carboxylic acids is 1. The van der Waals surface area contributed by atoms with E-state index in [0.717, 1.165) is 23.5 Å². The number of halogens is 5. The lowest BCUT2D eigenvalue weighted by molar-refractivity contribution is -0.184. The first kappa shape index (κ1) is 18.3. The molecular formula is C14H11F5N2O2S. The summed E-state index contributed by atoms with van der Waals surface area (Å²) in [6.07, 6.45) is -5.86. The molecule has 0 fully saturated rings. The van der Waals surface area contributed by atoms with Gasteiger partial charge in [-0.05, 0) is 25.1 Å². The predicted octanol–water partition coefficient (Wildman–Crippen LogP) is 3.99. The van der Waals surface area contributed by atoms with Gasteiger partial charge in [-0.3, -0.25) is 10.1 Å². The SMILES string of the molecule is C[C@H](OCC(F)(F)F)C(=O)Nc1nc(-c2ccc(F)c(F)c2)cs1. The lowest BCUT2D eigenvalue weighted by Crippen LogP contribution is -2.31. The van der Waals surface area contributed by atoms with Crippen molar-refractivity contribution in [3.8, 4) is 11.3 Å². The summed E-state index contributed by atoms with van der Waals surface area (Å²) < 4.78 is 66.6. The van der Waals surface area contributed by atoms with Crippen molar-refractivity contribution < 1.29 is 31.5 Å². The molecule has 10 heteroatoms. The maximum absolute atomic E-state index is 13.2. The summed E-state index contributed by atoms with van der Waals surface area (Å²) in [5, 5.41) is 3.89. The van der Waals surface area contributed by atoms with Crippen LogP contribution in [0.2, 0.25) is 0 Å². The molecule has 24 heavy (non-hydrogen) atoms. The number of carbonyl (C=O) groups is 1. The van der Waals surface area contributed by atoms with Gasteiger partial charge in [0.25, 0.3) is 5.91 Å². The molecule has 0 saturated carbocycles. The Balaban J connectivity index is 2.00. The van der Waals surface area contributed by atoms with Gasteiger partial charge in [0, 0.05) is 10.9 Å². The molecule has 1 aromatic heterocycles. The summed E-state index contributed by atoms with van der Waals surface area (Å²) >= 11 is 0.987. The standard InChI is InChI=1S/C14H11F5N2O2S/c1-7(23-6-14(17,18)19)12(22)21-13-20-11(5-24-13)8-2-3-9(15)10(16)4-8/h2-5,7H,6H2,1H3,(H,20,21,22)/t7-/m0/s1. The third kappa shape index (κ3) is 4.96. The van der Waals surface area contributed by atoms with E-state index in [9.17, 15) is 26.7 Å². The van der Waals surface area contributed by atoms with Gasteiger partial charge in [0.15, 0.2) is 16.8 Å². The number of amides is 1. The average Bonchev–Trinajstić information content (AvgIpc) is 2.95. The number of alkyl halides is 3. The van der Waals surface area contributed by atoms with Crippen LogP contribution in [0, 0.1) is 11.6 Å². The summed E-state index contributed by atoms with van der Waals surface area (Å²) in [7, 11) is 0. The molecule has 1 atom stereocenters. The van der Waals surface area contributed by atoms with Crippen LogP contribution in [0.15, 0.2) is 23.6 Å². The van der Waals surface area contributed by atoms with Crippen LogP contribution >= 0.6 is 11.3 Å². The summed E-state index contributed by atoms with van der Waals surface area (Å²) in [6.45, 7) is -0.371. The highest BCUT2D eigenvalue weighted by atomic mass is 32.1. The molecule has 0 spiro atoms. The van der Waals surface area contributed by atoms with E-state index in [2.05, 4.69) is 15.0 Å².